The quantitative estimate of drug-likeness (QED) is 0.789. The molecule has 1 aromatic carbocycles. The van der Waals surface area contributed by atoms with Gasteiger partial charge in [-0.3, -0.25) is 4.79 Å². The summed E-state index contributed by atoms with van der Waals surface area (Å²) >= 11 is 0. The van der Waals surface area contributed by atoms with Crippen molar-refractivity contribution in [3.63, 3.8) is 0 Å². The predicted molar refractivity (Wildman–Crippen MR) is 73.8 cm³/mol. The summed E-state index contributed by atoms with van der Waals surface area (Å²) < 4.78 is 1.55. The number of hydrogen-bond donors (Lipinski definition) is 1. The molecule has 0 unspecified atom stereocenters. The second-order valence-corrected chi connectivity index (χ2v) is 4.36. The molecule has 0 saturated carbocycles. The summed E-state index contributed by atoms with van der Waals surface area (Å²) in [6.07, 6.45) is 3.82. The van der Waals surface area contributed by atoms with E-state index >= 15 is 0 Å². The Labute approximate surface area is 107 Å². The highest BCUT2D eigenvalue weighted by atomic mass is 16.1. The molecule has 0 fully saturated rings. The van der Waals surface area contributed by atoms with Gasteiger partial charge in [0.05, 0.1) is 11.6 Å². The first-order valence-electron chi connectivity index (χ1n) is 6.48. The Morgan fingerprint density at radius 2 is 2.11 bits per heavy atom. The van der Waals surface area contributed by atoms with Crippen LogP contribution in [0.5, 0.6) is 0 Å². The molecule has 0 saturated heterocycles. The van der Waals surface area contributed by atoms with Crippen molar-refractivity contribution in [2.75, 3.05) is 13.1 Å². The van der Waals surface area contributed by atoms with Crippen molar-refractivity contribution < 1.29 is 0 Å². The number of hydrogen-bond acceptors (Lipinski definition) is 3. The zero-order valence-corrected chi connectivity index (χ0v) is 10.7. The van der Waals surface area contributed by atoms with Gasteiger partial charge in [0, 0.05) is 11.9 Å². The van der Waals surface area contributed by atoms with E-state index in [1.54, 1.807) is 10.9 Å². The Bertz CT molecular complexity index is 562. The van der Waals surface area contributed by atoms with E-state index in [-0.39, 0.29) is 5.56 Å². The monoisotopic (exact) mass is 245 g/mol. The third kappa shape index (κ3) is 2.96. The molecule has 0 atom stereocenters. The average Bonchev–Trinajstić information content (AvgIpc) is 2.41. The number of nitrogens with one attached hydrogen (secondary N) is 1. The Morgan fingerprint density at radius 1 is 1.28 bits per heavy atom. The summed E-state index contributed by atoms with van der Waals surface area (Å²) in [5.74, 6) is 0. The Balaban J connectivity index is 2.05. The summed E-state index contributed by atoms with van der Waals surface area (Å²) in [6, 6.07) is 7.57. The van der Waals surface area contributed by atoms with Gasteiger partial charge in [0.1, 0.15) is 0 Å². The third-order valence-electron chi connectivity index (χ3n) is 2.91. The van der Waals surface area contributed by atoms with Crippen LogP contribution in [-0.2, 0) is 6.54 Å². The van der Waals surface area contributed by atoms with Gasteiger partial charge in [-0.2, -0.15) is 5.10 Å². The van der Waals surface area contributed by atoms with Crippen LogP contribution < -0.4 is 10.9 Å². The Kier molecular flexibility index (Phi) is 4.47. The zero-order chi connectivity index (χ0) is 12.8. The van der Waals surface area contributed by atoms with Crippen LogP contribution in [0.15, 0.2) is 35.3 Å². The van der Waals surface area contributed by atoms with Crippen LogP contribution in [0.3, 0.4) is 0 Å². The highest BCUT2D eigenvalue weighted by molar-refractivity contribution is 5.80. The summed E-state index contributed by atoms with van der Waals surface area (Å²) in [4.78, 5) is 12.1. The third-order valence-corrected chi connectivity index (χ3v) is 2.91. The van der Waals surface area contributed by atoms with E-state index in [1.165, 1.54) is 0 Å². The maximum atomic E-state index is 12.1. The molecule has 2 aromatic rings. The second kappa shape index (κ2) is 6.31. The predicted octanol–water partition coefficient (Wildman–Crippen LogP) is 1.79. The van der Waals surface area contributed by atoms with Gasteiger partial charge in [-0.25, -0.2) is 4.68 Å². The highest BCUT2D eigenvalue weighted by Crippen LogP contribution is 2.06. The van der Waals surface area contributed by atoms with Gasteiger partial charge in [-0.05, 0) is 32.0 Å². The van der Waals surface area contributed by atoms with Crippen LogP contribution >= 0.6 is 0 Å². The number of aromatic nitrogens is 2. The molecule has 18 heavy (non-hydrogen) atoms. The van der Waals surface area contributed by atoms with Crippen LogP contribution in [-0.4, -0.2) is 22.9 Å². The normalized spacial score (nSPS) is 10.9. The second-order valence-electron chi connectivity index (χ2n) is 4.36. The molecule has 4 nitrogen and oxygen atoms in total. The van der Waals surface area contributed by atoms with Crippen LogP contribution in [0, 0.1) is 0 Å². The zero-order valence-electron chi connectivity index (χ0n) is 10.7. The standard InChI is InChI=1S/C14H19N3O/c1-2-8-15-9-5-10-17-14(18)13-7-4-3-6-12(13)11-16-17/h3-4,6-7,11,15H,2,5,8-10H2,1H3. The van der Waals surface area contributed by atoms with E-state index in [0.29, 0.717) is 6.54 Å². The van der Waals surface area contributed by atoms with Crippen molar-refractivity contribution in [1.29, 1.82) is 0 Å². The SMILES string of the molecule is CCCNCCCn1ncc2ccccc2c1=O. The van der Waals surface area contributed by atoms with Gasteiger partial charge in [0.15, 0.2) is 0 Å². The molecule has 0 radical (unpaired) electrons. The van der Waals surface area contributed by atoms with Crippen LogP contribution in [0.4, 0.5) is 0 Å². The molecule has 0 spiro atoms. The lowest BCUT2D eigenvalue weighted by atomic mass is 10.2. The summed E-state index contributed by atoms with van der Waals surface area (Å²) in [6.45, 7) is 4.76. The maximum absolute atomic E-state index is 12.1. The van der Waals surface area contributed by atoms with E-state index < -0.39 is 0 Å². The van der Waals surface area contributed by atoms with Crippen molar-refractivity contribution in [2.24, 2.45) is 0 Å². The summed E-state index contributed by atoms with van der Waals surface area (Å²) in [5.41, 5.74) is 0.00333. The fourth-order valence-electron chi connectivity index (χ4n) is 1.94. The molecule has 1 N–H and O–H groups in total. The number of fused-ring (bicyclic) bond motifs is 1. The van der Waals surface area contributed by atoms with Crippen LogP contribution in [0.2, 0.25) is 0 Å². The lowest BCUT2D eigenvalue weighted by Crippen LogP contribution is -2.25. The highest BCUT2D eigenvalue weighted by Gasteiger charge is 2.02. The maximum Gasteiger partial charge on any atom is 0.274 e. The molecule has 0 bridgehead atoms. The topological polar surface area (TPSA) is 46.9 Å². The largest absolute Gasteiger partial charge is 0.317 e. The van der Waals surface area contributed by atoms with Crippen molar-refractivity contribution in [2.45, 2.75) is 26.3 Å². The van der Waals surface area contributed by atoms with E-state index in [1.807, 2.05) is 24.3 Å². The van der Waals surface area contributed by atoms with E-state index in [4.69, 9.17) is 0 Å². The van der Waals surface area contributed by atoms with Crippen molar-refractivity contribution in [1.82, 2.24) is 15.1 Å². The minimum Gasteiger partial charge on any atom is -0.317 e. The van der Waals surface area contributed by atoms with Crippen molar-refractivity contribution in [3.8, 4) is 0 Å². The Morgan fingerprint density at radius 3 is 2.94 bits per heavy atom. The van der Waals surface area contributed by atoms with Crippen LogP contribution in [0.1, 0.15) is 19.8 Å². The molecule has 0 aliphatic heterocycles. The molecule has 1 heterocycles. The summed E-state index contributed by atoms with van der Waals surface area (Å²) in [7, 11) is 0. The van der Waals surface area contributed by atoms with E-state index in [9.17, 15) is 4.79 Å². The molecule has 96 valence electrons. The molecule has 4 heteroatoms. The van der Waals surface area contributed by atoms with Gasteiger partial charge < -0.3 is 5.32 Å². The molecule has 0 aliphatic rings. The fourth-order valence-corrected chi connectivity index (χ4v) is 1.94. The summed E-state index contributed by atoms with van der Waals surface area (Å²) in [5, 5.41) is 9.17. The molecule has 1 aromatic heterocycles. The first kappa shape index (κ1) is 12.8. The van der Waals surface area contributed by atoms with E-state index in [2.05, 4.69) is 17.3 Å². The first-order chi connectivity index (χ1) is 8.83. The number of benzene rings is 1. The number of rotatable bonds is 6. The minimum absolute atomic E-state index is 0.00333. The fraction of sp³-hybridized carbons (Fsp3) is 0.429. The van der Waals surface area contributed by atoms with Gasteiger partial charge in [0.25, 0.3) is 5.56 Å². The molecule has 2 rings (SSSR count). The Hall–Kier alpha value is -1.68. The van der Waals surface area contributed by atoms with E-state index in [0.717, 1.165) is 36.7 Å². The van der Waals surface area contributed by atoms with Gasteiger partial charge in [0.2, 0.25) is 0 Å². The lowest BCUT2D eigenvalue weighted by Gasteiger charge is -2.06. The first-order valence-corrected chi connectivity index (χ1v) is 6.48. The van der Waals surface area contributed by atoms with Gasteiger partial charge in [-0.15, -0.1) is 0 Å². The minimum atomic E-state index is 0.00333. The molecular formula is C14H19N3O. The van der Waals surface area contributed by atoms with Crippen molar-refractivity contribution in [3.05, 3.63) is 40.8 Å². The molecule has 0 aliphatic carbocycles. The van der Waals surface area contributed by atoms with Gasteiger partial charge in [-0.1, -0.05) is 25.1 Å². The number of nitrogens with zero attached hydrogens (tertiary/aromatic N) is 2. The lowest BCUT2D eigenvalue weighted by molar-refractivity contribution is 0.525. The number of aryl methyl sites for hydroxylation is 1. The molecular weight excluding hydrogens is 226 g/mol. The average molecular weight is 245 g/mol. The van der Waals surface area contributed by atoms with Crippen LogP contribution in [0.25, 0.3) is 10.8 Å². The van der Waals surface area contributed by atoms with Gasteiger partial charge >= 0.3 is 0 Å². The smallest absolute Gasteiger partial charge is 0.274 e. The molecule has 0 amide bonds. The van der Waals surface area contributed by atoms with Crippen molar-refractivity contribution >= 4 is 10.8 Å².